The Kier molecular flexibility index (Phi) is 6.65. The summed E-state index contributed by atoms with van der Waals surface area (Å²) in [5, 5.41) is 6.10. The number of esters is 1. The summed E-state index contributed by atoms with van der Waals surface area (Å²) in [5.74, 6) is -1.22. The Hall–Kier alpha value is -2.26. The van der Waals surface area contributed by atoms with Crippen LogP contribution in [0.5, 0.6) is 5.75 Å². The fraction of sp³-hybridized carbons (Fsp3) is 0.375. The summed E-state index contributed by atoms with van der Waals surface area (Å²) >= 11 is 5.11. The summed E-state index contributed by atoms with van der Waals surface area (Å²) < 4.78 is 38.9. The average molecular weight is 372 g/mol. The number of nitrogens with one attached hydrogen (secondary N) is 2. The lowest BCUT2D eigenvalue weighted by Gasteiger charge is -2.34. The molecule has 0 aromatic heterocycles. The molecule has 2 N–H and O–H groups in total. The molecule has 2 atom stereocenters. The maximum atomic E-state index is 12.4. The fourth-order valence-electron chi connectivity index (χ4n) is 2.41. The van der Waals surface area contributed by atoms with Gasteiger partial charge in [-0.3, -0.25) is 4.79 Å². The number of hydrogen-bond acceptors (Lipinski definition) is 5. The van der Waals surface area contributed by atoms with Gasteiger partial charge in [-0.15, -0.1) is 0 Å². The van der Waals surface area contributed by atoms with Crippen LogP contribution in [0.1, 0.15) is 11.6 Å². The molecular weight excluding hydrogens is 354 g/mol. The Labute approximate surface area is 149 Å². The van der Waals surface area contributed by atoms with Gasteiger partial charge in [-0.2, -0.15) is 8.78 Å². The van der Waals surface area contributed by atoms with Gasteiger partial charge in [0.1, 0.15) is 18.3 Å². The normalized spacial score (nSPS) is 20.0. The minimum absolute atomic E-state index is 0.0216. The van der Waals surface area contributed by atoms with Gasteiger partial charge in [-0.1, -0.05) is 18.7 Å². The van der Waals surface area contributed by atoms with Crippen molar-refractivity contribution in [2.24, 2.45) is 5.92 Å². The number of carbonyl (C=O) groups is 1. The maximum Gasteiger partial charge on any atom is 0.387 e. The van der Waals surface area contributed by atoms with Gasteiger partial charge in [0, 0.05) is 12.8 Å². The van der Waals surface area contributed by atoms with E-state index in [1.165, 1.54) is 19.2 Å². The largest absolute Gasteiger partial charge is 0.463 e. The summed E-state index contributed by atoms with van der Waals surface area (Å²) in [4.78, 5) is 12.4. The van der Waals surface area contributed by atoms with Crippen molar-refractivity contribution in [3.63, 3.8) is 0 Å². The molecule has 1 aromatic carbocycles. The van der Waals surface area contributed by atoms with Crippen LogP contribution in [0, 0.1) is 5.92 Å². The Morgan fingerprint density at radius 2 is 2.00 bits per heavy atom. The van der Waals surface area contributed by atoms with E-state index in [0.717, 1.165) is 0 Å². The third-order valence-corrected chi connectivity index (χ3v) is 3.74. The van der Waals surface area contributed by atoms with Crippen molar-refractivity contribution < 1.29 is 27.8 Å². The highest BCUT2D eigenvalue weighted by Gasteiger charge is 2.37. The summed E-state index contributed by atoms with van der Waals surface area (Å²) in [6.07, 6.45) is 0. The zero-order valence-corrected chi connectivity index (χ0v) is 14.3. The first-order chi connectivity index (χ1) is 11.9. The molecule has 1 aliphatic heterocycles. The van der Waals surface area contributed by atoms with E-state index >= 15 is 0 Å². The number of carbonyl (C=O) groups excluding carboxylic acids is 1. The van der Waals surface area contributed by atoms with E-state index in [0.29, 0.717) is 16.4 Å². The molecule has 2 rings (SSSR count). The standard InChI is InChI=1S/C16H18F2N2O4S/c1-9-12(14(21)23-8-7-22-2)13(20-16(25)19-9)10-3-5-11(6-4-10)24-15(17)18/h3-6,12-13,15H,1,7-8H2,2H3,(H2,19,20,25)/t12-,13+/m0/s1. The molecule has 9 heteroatoms. The molecule has 136 valence electrons. The van der Waals surface area contributed by atoms with Gasteiger partial charge in [0.15, 0.2) is 5.11 Å². The van der Waals surface area contributed by atoms with Crippen LogP contribution in [0.3, 0.4) is 0 Å². The molecule has 0 saturated carbocycles. The zero-order valence-electron chi connectivity index (χ0n) is 13.5. The first kappa shape index (κ1) is 19.1. The van der Waals surface area contributed by atoms with E-state index in [1.54, 1.807) is 12.1 Å². The maximum absolute atomic E-state index is 12.4. The molecule has 1 aromatic rings. The number of thiocarbonyl (C=S) groups is 1. The van der Waals surface area contributed by atoms with E-state index in [-0.39, 0.29) is 19.0 Å². The average Bonchev–Trinajstić information content (AvgIpc) is 2.54. The minimum Gasteiger partial charge on any atom is -0.463 e. The van der Waals surface area contributed by atoms with Crippen molar-refractivity contribution in [1.29, 1.82) is 0 Å². The van der Waals surface area contributed by atoms with Crippen LogP contribution in [0.4, 0.5) is 8.78 Å². The van der Waals surface area contributed by atoms with Gasteiger partial charge in [-0.05, 0) is 29.9 Å². The second-order valence-electron chi connectivity index (χ2n) is 5.19. The summed E-state index contributed by atoms with van der Waals surface area (Å²) in [7, 11) is 1.50. The molecule has 1 heterocycles. The highest BCUT2D eigenvalue weighted by molar-refractivity contribution is 7.80. The molecule has 0 spiro atoms. The van der Waals surface area contributed by atoms with E-state index in [2.05, 4.69) is 21.9 Å². The first-order valence-electron chi connectivity index (χ1n) is 7.39. The van der Waals surface area contributed by atoms with Crippen LogP contribution in [0.25, 0.3) is 0 Å². The van der Waals surface area contributed by atoms with Crippen LogP contribution >= 0.6 is 12.2 Å². The fourth-order valence-corrected chi connectivity index (χ4v) is 2.67. The predicted octanol–water partition coefficient (Wildman–Crippen LogP) is 2.13. The van der Waals surface area contributed by atoms with Gasteiger partial charge >= 0.3 is 12.6 Å². The lowest BCUT2D eigenvalue weighted by atomic mass is 9.89. The zero-order chi connectivity index (χ0) is 18.4. The van der Waals surface area contributed by atoms with E-state index in [4.69, 9.17) is 21.7 Å². The Balaban J connectivity index is 2.19. The van der Waals surface area contributed by atoms with E-state index in [1.807, 2.05) is 0 Å². The SMILES string of the molecule is C=C1NC(=S)N[C@H](c2ccc(OC(F)F)cc2)[C@H]1C(=O)OCCOC. The van der Waals surface area contributed by atoms with Gasteiger partial charge in [0.25, 0.3) is 0 Å². The number of halogens is 2. The molecular formula is C16H18F2N2O4S. The van der Waals surface area contributed by atoms with Gasteiger partial charge in [-0.25, -0.2) is 0 Å². The number of ether oxygens (including phenoxy) is 3. The van der Waals surface area contributed by atoms with Gasteiger partial charge in [0.05, 0.1) is 12.6 Å². The Morgan fingerprint density at radius 1 is 1.32 bits per heavy atom. The first-order valence-corrected chi connectivity index (χ1v) is 7.80. The lowest BCUT2D eigenvalue weighted by Crippen LogP contribution is -2.51. The topological polar surface area (TPSA) is 68.8 Å². The Morgan fingerprint density at radius 3 is 2.60 bits per heavy atom. The summed E-state index contributed by atoms with van der Waals surface area (Å²) in [5.41, 5.74) is 1.05. The number of alkyl halides is 2. The van der Waals surface area contributed by atoms with Crippen LogP contribution in [0.2, 0.25) is 0 Å². The van der Waals surface area contributed by atoms with Crippen molar-refractivity contribution in [2.75, 3.05) is 20.3 Å². The van der Waals surface area contributed by atoms with Crippen molar-refractivity contribution in [2.45, 2.75) is 12.7 Å². The number of methoxy groups -OCH3 is 1. The van der Waals surface area contributed by atoms with Crippen molar-refractivity contribution in [3.05, 3.63) is 42.1 Å². The molecule has 0 aliphatic carbocycles. The Bertz CT molecular complexity index is 640. The van der Waals surface area contributed by atoms with Gasteiger partial charge in [0.2, 0.25) is 0 Å². The second kappa shape index (κ2) is 8.72. The number of hydrogen-bond donors (Lipinski definition) is 2. The van der Waals surface area contributed by atoms with Crippen LogP contribution in [-0.4, -0.2) is 38.0 Å². The highest BCUT2D eigenvalue weighted by Crippen LogP contribution is 2.31. The quantitative estimate of drug-likeness (QED) is 0.432. The van der Waals surface area contributed by atoms with Crippen molar-refractivity contribution in [3.8, 4) is 5.75 Å². The van der Waals surface area contributed by atoms with Crippen LogP contribution in [0.15, 0.2) is 36.5 Å². The number of rotatable bonds is 7. The van der Waals surface area contributed by atoms with E-state index < -0.39 is 24.5 Å². The van der Waals surface area contributed by atoms with Crippen LogP contribution < -0.4 is 15.4 Å². The molecule has 6 nitrogen and oxygen atoms in total. The molecule has 0 unspecified atom stereocenters. The second-order valence-corrected chi connectivity index (χ2v) is 5.60. The smallest absolute Gasteiger partial charge is 0.387 e. The van der Waals surface area contributed by atoms with Crippen molar-refractivity contribution in [1.82, 2.24) is 10.6 Å². The third kappa shape index (κ3) is 5.10. The van der Waals surface area contributed by atoms with E-state index in [9.17, 15) is 13.6 Å². The third-order valence-electron chi connectivity index (χ3n) is 3.52. The highest BCUT2D eigenvalue weighted by atomic mass is 32.1. The van der Waals surface area contributed by atoms with Crippen molar-refractivity contribution >= 4 is 23.3 Å². The summed E-state index contributed by atoms with van der Waals surface area (Å²) in [6, 6.07) is 5.39. The molecule has 0 bridgehead atoms. The summed E-state index contributed by atoms with van der Waals surface area (Å²) in [6.45, 7) is 1.31. The molecule has 25 heavy (non-hydrogen) atoms. The molecule has 1 fully saturated rings. The molecule has 0 amide bonds. The minimum atomic E-state index is -2.90. The van der Waals surface area contributed by atoms with Crippen LogP contribution in [-0.2, 0) is 14.3 Å². The molecule has 1 saturated heterocycles. The number of benzene rings is 1. The lowest BCUT2D eigenvalue weighted by molar-refractivity contribution is -0.149. The molecule has 1 aliphatic rings. The van der Waals surface area contributed by atoms with Gasteiger partial charge < -0.3 is 24.8 Å². The monoisotopic (exact) mass is 372 g/mol. The molecule has 0 radical (unpaired) electrons. The predicted molar refractivity (Wildman–Crippen MR) is 90.1 cm³/mol.